The molecular formula is C20H21ClN2O4S. The molecule has 148 valence electrons. The topological polar surface area (TPSA) is 75.7 Å². The molecule has 1 N–H and O–H groups in total. The van der Waals surface area contributed by atoms with Crippen LogP contribution in [0, 0.1) is 5.92 Å². The average molecular weight is 421 g/mol. The molecule has 3 rings (SSSR count). The van der Waals surface area contributed by atoms with Gasteiger partial charge >= 0.3 is 5.97 Å². The first-order valence-corrected chi connectivity index (χ1v) is 10.3. The third-order valence-electron chi connectivity index (χ3n) is 4.64. The van der Waals surface area contributed by atoms with Crippen LogP contribution >= 0.6 is 22.9 Å². The molecule has 1 fully saturated rings. The van der Waals surface area contributed by atoms with E-state index < -0.39 is 18.0 Å². The van der Waals surface area contributed by atoms with E-state index in [0.717, 1.165) is 0 Å². The van der Waals surface area contributed by atoms with Crippen molar-refractivity contribution in [3.05, 3.63) is 51.7 Å². The summed E-state index contributed by atoms with van der Waals surface area (Å²) in [5, 5.41) is 4.94. The van der Waals surface area contributed by atoms with E-state index in [4.69, 9.17) is 16.3 Å². The largest absolute Gasteiger partial charge is 0.452 e. The minimum Gasteiger partial charge on any atom is -0.452 e. The van der Waals surface area contributed by atoms with Crippen molar-refractivity contribution in [3.8, 4) is 0 Å². The van der Waals surface area contributed by atoms with Crippen LogP contribution in [0.4, 0.5) is 5.69 Å². The first-order valence-electron chi connectivity index (χ1n) is 9.04. The SMILES string of the molecule is C[C@@H](OC(=O)C1CCN(C(=O)c2cccs2)CC1)C(=O)Nc1ccccc1Cl. The minimum absolute atomic E-state index is 0.00528. The van der Waals surface area contributed by atoms with Crippen molar-refractivity contribution in [3.63, 3.8) is 0 Å². The summed E-state index contributed by atoms with van der Waals surface area (Å²) in [5.41, 5.74) is 0.470. The average Bonchev–Trinajstić information content (AvgIpc) is 3.24. The zero-order chi connectivity index (χ0) is 20.1. The van der Waals surface area contributed by atoms with Gasteiger partial charge in [0.2, 0.25) is 0 Å². The van der Waals surface area contributed by atoms with Crippen molar-refractivity contribution in [1.29, 1.82) is 0 Å². The summed E-state index contributed by atoms with van der Waals surface area (Å²) in [4.78, 5) is 39.5. The summed E-state index contributed by atoms with van der Waals surface area (Å²) in [6.45, 7) is 2.52. The van der Waals surface area contributed by atoms with Gasteiger partial charge in [-0.1, -0.05) is 29.8 Å². The second-order valence-electron chi connectivity index (χ2n) is 6.59. The first-order chi connectivity index (χ1) is 13.5. The molecule has 8 heteroatoms. The number of rotatable bonds is 5. The molecule has 2 heterocycles. The lowest BCUT2D eigenvalue weighted by Crippen LogP contribution is -2.41. The van der Waals surface area contributed by atoms with E-state index in [2.05, 4.69) is 5.32 Å². The van der Waals surface area contributed by atoms with Crippen LogP contribution in [0.1, 0.15) is 29.4 Å². The Kier molecular flexibility index (Phi) is 6.70. The number of ether oxygens (including phenoxy) is 1. The summed E-state index contributed by atoms with van der Waals surface area (Å²) < 4.78 is 5.34. The first kappa shape index (κ1) is 20.4. The number of carbonyl (C=O) groups excluding carboxylic acids is 3. The summed E-state index contributed by atoms with van der Waals surface area (Å²) in [6, 6.07) is 10.5. The summed E-state index contributed by atoms with van der Waals surface area (Å²) in [5.74, 6) is -1.17. The van der Waals surface area contributed by atoms with Crippen molar-refractivity contribution >= 4 is 46.4 Å². The molecule has 0 radical (unpaired) electrons. The zero-order valence-electron chi connectivity index (χ0n) is 15.4. The van der Waals surface area contributed by atoms with Crippen LogP contribution in [-0.4, -0.2) is 41.9 Å². The monoisotopic (exact) mass is 420 g/mol. The van der Waals surface area contributed by atoms with Gasteiger partial charge in [-0.3, -0.25) is 14.4 Å². The van der Waals surface area contributed by atoms with E-state index in [1.54, 1.807) is 35.2 Å². The molecule has 0 saturated carbocycles. The molecule has 1 atom stereocenters. The number of esters is 1. The maximum atomic E-state index is 12.4. The molecule has 2 aromatic rings. The number of thiophene rings is 1. The second-order valence-corrected chi connectivity index (χ2v) is 7.95. The van der Waals surface area contributed by atoms with Crippen LogP contribution in [0.25, 0.3) is 0 Å². The number of piperidine rings is 1. The van der Waals surface area contributed by atoms with Gasteiger partial charge in [-0.05, 0) is 43.3 Å². The van der Waals surface area contributed by atoms with Crippen molar-refractivity contribution in [2.24, 2.45) is 5.92 Å². The Bertz CT molecular complexity index is 848. The number of likely N-dealkylation sites (tertiary alicyclic amines) is 1. The number of anilines is 1. The maximum Gasteiger partial charge on any atom is 0.309 e. The van der Waals surface area contributed by atoms with Crippen LogP contribution in [0.3, 0.4) is 0 Å². The molecule has 0 unspecified atom stereocenters. The van der Waals surface area contributed by atoms with Crippen LogP contribution in [-0.2, 0) is 14.3 Å². The highest BCUT2D eigenvalue weighted by Gasteiger charge is 2.31. The second kappa shape index (κ2) is 9.21. The van der Waals surface area contributed by atoms with Gasteiger partial charge in [-0.25, -0.2) is 0 Å². The highest BCUT2D eigenvalue weighted by molar-refractivity contribution is 7.12. The Morgan fingerprint density at radius 1 is 1.18 bits per heavy atom. The number of hydrogen-bond acceptors (Lipinski definition) is 5. The lowest BCUT2D eigenvalue weighted by Gasteiger charge is -2.31. The van der Waals surface area contributed by atoms with Crippen molar-refractivity contribution in [1.82, 2.24) is 4.90 Å². The Labute approximate surface area is 172 Å². The van der Waals surface area contributed by atoms with Gasteiger partial charge in [-0.2, -0.15) is 0 Å². The Morgan fingerprint density at radius 2 is 1.89 bits per heavy atom. The van der Waals surface area contributed by atoms with E-state index in [-0.39, 0.29) is 11.8 Å². The molecule has 1 aliphatic rings. The third kappa shape index (κ3) is 4.91. The molecule has 1 aromatic carbocycles. The van der Waals surface area contributed by atoms with E-state index in [1.165, 1.54) is 18.3 Å². The van der Waals surface area contributed by atoms with Crippen LogP contribution in [0.5, 0.6) is 0 Å². The molecular weight excluding hydrogens is 400 g/mol. The summed E-state index contributed by atoms with van der Waals surface area (Å²) >= 11 is 7.43. The van der Waals surface area contributed by atoms with Gasteiger partial charge in [0.1, 0.15) is 0 Å². The van der Waals surface area contributed by atoms with Gasteiger partial charge in [0.05, 0.1) is 21.5 Å². The Morgan fingerprint density at radius 3 is 2.54 bits per heavy atom. The number of para-hydroxylation sites is 1. The predicted molar refractivity (Wildman–Crippen MR) is 109 cm³/mol. The van der Waals surface area contributed by atoms with E-state index >= 15 is 0 Å². The molecule has 6 nitrogen and oxygen atoms in total. The molecule has 1 saturated heterocycles. The lowest BCUT2D eigenvalue weighted by atomic mass is 9.97. The molecule has 0 aliphatic carbocycles. The number of carbonyl (C=O) groups is 3. The van der Waals surface area contributed by atoms with Gasteiger partial charge < -0.3 is 15.0 Å². The van der Waals surface area contributed by atoms with Gasteiger partial charge in [-0.15, -0.1) is 11.3 Å². The molecule has 28 heavy (non-hydrogen) atoms. The third-order valence-corrected chi connectivity index (χ3v) is 5.83. The van der Waals surface area contributed by atoms with Crippen molar-refractivity contribution in [2.75, 3.05) is 18.4 Å². The van der Waals surface area contributed by atoms with E-state index in [1.807, 2.05) is 11.4 Å². The van der Waals surface area contributed by atoms with Gasteiger partial charge in [0.15, 0.2) is 6.10 Å². The Balaban J connectivity index is 1.48. The molecule has 1 aromatic heterocycles. The molecule has 0 spiro atoms. The number of benzene rings is 1. The fourth-order valence-corrected chi connectivity index (χ4v) is 3.87. The Hall–Kier alpha value is -2.38. The van der Waals surface area contributed by atoms with E-state index in [9.17, 15) is 14.4 Å². The number of halogens is 1. The number of amides is 2. The molecule has 2 amide bonds. The van der Waals surface area contributed by atoms with Crippen LogP contribution in [0.2, 0.25) is 5.02 Å². The highest BCUT2D eigenvalue weighted by atomic mass is 35.5. The quantitative estimate of drug-likeness (QED) is 0.746. The fourth-order valence-electron chi connectivity index (χ4n) is 3.00. The minimum atomic E-state index is -0.936. The zero-order valence-corrected chi connectivity index (χ0v) is 17.0. The summed E-state index contributed by atoms with van der Waals surface area (Å²) in [6.07, 6.45) is 0.110. The molecule has 0 bridgehead atoms. The fraction of sp³-hybridized carbons (Fsp3) is 0.350. The predicted octanol–water partition coefficient (Wildman–Crippen LogP) is 3.82. The van der Waals surface area contributed by atoms with E-state index in [0.29, 0.717) is 41.5 Å². The van der Waals surface area contributed by atoms with Gasteiger partial charge in [0, 0.05) is 13.1 Å². The maximum absolute atomic E-state index is 12.4. The van der Waals surface area contributed by atoms with Crippen molar-refractivity contribution in [2.45, 2.75) is 25.9 Å². The highest BCUT2D eigenvalue weighted by Crippen LogP contribution is 2.23. The summed E-state index contributed by atoms with van der Waals surface area (Å²) in [7, 11) is 0. The number of hydrogen-bond donors (Lipinski definition) is 1. The normalized spacial score (nSPS) is 15.7. The van der Waals surface area contributed by atoms with Crippen molar-refractivity contribution < 1.29 is 19.1 Å². The lowest BCUT2D eigenvalue weighted by molar-refractivity contribution is -0.158. The number of nitrogens with one attached hydrogen (secondary N) is 1. The van der Waals surface area contributed by atoms with Crippen LogP contribution < -0.4 is 5.32 Å². The van der Waals surface area contributed by atoms with Gasteiger partial charge in [0.25, 0.3) is 11.8 Å². The number of nitrogens with zero attached hydrogens (tertiary/aromatic N) is 1. The standard InChI is InChI=1S/C20H21ClN2O4S/c1-13(18(24)22-16-6-3-2-5-15(16)21)27-20(26)14-8-10-23(11-9-14)19(25)17-7-4-12-28-17/h2-7,12-14H,8-11H2,1H3,(H,22,24)/t13-/m1/s1. The smallest absolute Gasteiger partial charge is 0.309 e. The van der Waals surface area contributed by atoms with Crippen LogP contribution in [0.15, 0.2) is 41.8 Å². The molecule has 1 aliphatic heterocycles.